The molecule has 0 spiro atoms. The van der Waals surface area contributed by atoms with E-state index in [1.807, 2.05) is 6.07 Å². The van der Waals surface area contributed by atoms with E-state index >= 15 is 0 Å². The van der Waals surface area contributed by atoms with Crippen LogP contribution in [0.1, 0.15) is 12.0 Å². The minimum absolute atomic E-state index is 0.267. The molecule has 1 aromatic carbocycles. The number of nitrogens with zero attached hydrogens (tertiary/aromatic N) is 2. The fraction of sp³-hybridized carbons (Fsp3) is 0.385. The van der Waals surface area contributed by atoms with Crippen LogP contribution in [-0.4, -0.2) is 25.8 Å². The van der Waals surface area contributed by atoms with Gasteiger partial charge in [0.25, 0.3) is 0 Å². The lowest BCUT2D eigenvalue weighted by molar-refractivity contribution is 0.113. The van der Waals surface area contributed by atoms with Crippen molar-refractivity contribution in [1.29, 1.82) is 5.26 Å². The highest BCUT2D eigenvalue weighted by molar-refractivity contribution is 5.88. The van der Waals surface area contributed by atoms with Gasteiger partial charge in [-0.3, -0.25) is 4.90 Å². The van der Waals surface area contributed by atoms with E-state index < -0.39 is 0 Å². The number of hydrogen-bond acceptors (Lipinski definition) is 4. The van der Waals surface area contributed by atoms with Gasteiger partial charge in [-0.1, -0.05) is 0 Å². The predicted molar refractivity (Wildman–Crippen MR) is 67.0 cm³/mol. The largest absolute Gasteiger partial charge is 0.449 e. The van der Waals surface area contributed by atoms with Crippen molar-refractivity contribution < 1.29 is 9.53 Å². The molecular formula is C13H15N3O2. The monoisotopic (exact) mass is 245 g/mol. The summed E-state index contributed by atoms with van der Waals surface area (Å²) in [5.41, 5.74) is 6.84. The summed E-state index contributed by atoms with van der Waals surface area (Å²) >= 11 is 0. The normalized spacial score (nSPS) is 19.2. The topological polar surface area (TPSA) is 79.3 Å². The van der Waals surface area contributed by atoms with Crippen LogP contribution in [0.25, 0.3) is 0 Å². The van der Waals surface area contributed by atoms with Crippen LogP contribution in [0, 0.1) is 17.2 Å². The van der Waals surface area contributed by atoms with Gasteiger partial charge in [0.1, 0.15) is 0 Å². The third-order valence-electron chi connectivity index (χ3n) is 2.99. The van der Waals surface area contributed by atoms with Crippen molar-refractivity contribution in [2.45, 2.75) is 6.42 Å². The molecule has 1 atom stereocenters. The molecule has 1 aliphatic rings. The highest BCUT2D eigenvalue weighted by atomic mass is 16.6. The molecule has 0 bridgehead atoms. The van der Waals surface area contributed by atoms with Gasteiger partial charge in [0.15, 0.2) is 0 Å². The van der Waals surface area contributed by atoms with E-state index in [4.69, 9.17) is 15.7 Å². The van der Waals surface area contributed by atoms with Gasteiger partial charge in [-0.15, -0.1) is 0 Å². The molecule has 1 unspecified atom stereocenters. The van der Waals surface area contributed by atoms with E-state index in [1.165, 1.54) is 0 Å². The van der Waals surface area contributed by atoms with Crippen LogP contribution < -0.4 is 10.6 Å². The highest BCUT2D eigenvalue weighted by Crippen LogP contribution is 2.22. The molecule has 0 saturated carbocycles. The van der Waals surface area contributed by atoms with E-state index in [9.17, 15) is 4.79 Å². The minimum atomic E-state index is -0.340. The van der Waals surface area contributed by atoms with E-state index in [0.717, 1.165) is 12.1 Å². The Hall–Kier alpha value is -2.06. The fourth-order valence-electron chi connectivity index (χ4n) is 1.99. The lowest BCUT2D eigenvalue weighted by Crippen LogP contribution is -2.43. The summed E-state index contributed by atoms with van der Waals surface area (Å²) in [4.78, 5) is 13.3. The number of carbonyl (C=O) groups is 1. The molecule has 5 nitrogen and oxygen atoms in total. The maximum Gasteiger partial charge on any atom is 0.414 e. The van der Waals surface area contributed by atoms with Crippen molar-refractivity contribution in [1.82, 2.24) is 0 Å². The third kappa shape index (κ3) is 2.60. The Morgan fingerprint density at radius 3 is 2.78 bits per heavy atom. The molecule has 1 heterocycles. The molecule has 1 saturated heterocycles. The Morgan fingerprint density at radius 2 is 2.17 bits per heavy atom. The maximum absolute atomic E-state index is 11.7. The second kappa shape index (κ2) is 5.52. The molecule has 0 radical (unpaired) electrons. The SMILES string of the molecule is N#Cc1ccc(N2CC(CCN)COC2=O)cc1. The number of ether oxygens (including phenoxy) is 1. The Labute approximate surface area is 106 Å². The average molecular weight is 245 g/mol. The van der Waals surface area contributed by atoms with Gasteiger partial charge in [0.2, 0.25) is 0 Å². The third-order valence-corrected chi connectivity index (χ3v) is 2.99. The summed E-state index contributed by atoms with van der Waals surface area (Å²) in [7, 11) is 0. The number of nitrogens with two attached hydrogens (primary N) is 1. The van der Waals surface area contributed by atoms with Crippen molar-refractivity contribution in [3.63, 3.8) is 0 Å². The van der Waals surface area contributed by atoms with Gasteiger partial charge < -0.3 is 10.5 Å². The Bertz CT molecular complexity index is 464. The van der Waals surface area contributed by atoms with Crippen LogP contribution in [0.5, 0.6) is 0 Å². The van der Waals surface area contributed by atoms with Gasteiger partial charge in [0, 0.05) is 18.2 Å². The van der Waals surface area contributed by atoms with Crippen LogP contribution in [0.3, 0.4) is 0 Å². The molecule has 2 rings (SSSR count). The molecule has 18 heavy (non-hydrogen) atoms. The number of benzene rings is 1. The van der Waals surface area contributed by atoms with Gasteiger partial charge in [-0.2, -0.15) is 5.26 Å². The van der Waals surface area contributed by atoms with Gasteiger partial charge in [0.05, 0.1) is 18.2 Å². The molecule has 0 aromatic heterocycles. The standard InChI is InChI=1S/C13H15N3O2/c14-6-5-11-8-16(13(17)18-9-11)12-3-1-10(7-15)2-4-12/h1-4,11H,5-6,8-9,14H2. The zero-order valence-corrected chi connectivity index (χ0v) is 10.0. The van der Waals surface area contributed by atoms with Crippen LogP contribution in [0.4, 0.5) is 10.5 Å². The Kier molecular flexibility index (Phi) is 3.80. The summed E-state index contributed by atoms with van der Waals surface area (Å²) in [6, 6.07) is 8.93. The number of anilines is 1. The first-order chi connectivity index (χ1) is 8.74. The summed E-state index contributed by atoms with van der Waals surface area (Å²) in [6.45, 7) is 1.63. The fourth-order valence-corrected chi connectivity index (χ4v) is 1.99. The van der Waals surface area contributed by atoms with Crippen molar-refractivity contribution in [2.24, 2.45) is 11.7 Å². The molecule has 0 aliphatic carbocycles. The number of cyclic esters (lactones) is 1. The molecule has 2 N–H and O–H groups in total. The Morgan fingerprint density at radius 1 is 1.44 bits per heavy atom. The van der Waals surface area contributed by atoms with Crippen LogP contribution >= 0.6 is 0 Å². The highest BCUT2D eigenvalue weighted by Gasteiger charge is 2.27. The van der Waals surface area contributed by atoms with E-state index in [1.54, 1.807) is 29.2 Å². The first-order valence-electron chi connectivity index (χ1n) is 5.89. The number of amides is 1. The molecular weight excluding hydrogens is 230 g/mol. The van der Waals surface area contributed by atoms with Crippen molar-refractivity contribution in [3.05, 3.63) is 29.8 Å². The summed E-state index contributed by atoms with van der Waals surface area (Å²) in [6.07, 6.45) is 0.494. The molecule has 94 valence electrons. The minimum Gasteiger partial charge on any atom is -0.449 e. The van der Waals surface area contributed by atoms with Crippen LogP contribution in [0.2, 0.25) is 0 Å². The second-order valence-electron chi connectivity index (χ2n) is 4.29. The van der Waals surface area contributed by atoms with Crippen LogP contribution in [-0.2, 0) is 4.74 Å². The van der Waals surface area contributed by atoms with Crippen molar-refractivity contribution in [3.8, 4) is 6.07 Å². The number of rotatable bonds is 3. The maximum atomic E-state index is 11.7. The Balaban J connectivity index is 2.14. The smallest absolute Gasteiger partial charge is 0.414 e. The second-order valence-corrected chi connectivity index (χ2v) is 4.29. The summed E-state index contributed by atoms with van der Waals surface area (Å²) in [5.74, 6) is 0.267. The van der Waals surface area contributed by atoms with Crippen molar-refractivity contribution in [2.75, 3.05) is 24.6 Å². The van der Waals surface area contributed by atoms with Gasteiger partial charge >= 0.3 is 6.09 Å². The average Bonchev–Trinajstić information content (AvgIpc) is 2.41. The van der Waals surface area contributed by atoms with E-state index in [-0.39, 0.29) is 12.0 Å². The van der Waals surface area contributed by atoms with Gasteiger partial charge in [-0.25, -0.2) is 4.79 Å². The van der Waals surface area contributed by atoms with Gasteiger partial charge in [-0.05, 0) is 37.2 Å². The molecule has 1 aliphatic heterocycles. The summed E-state index contributed by atoms with van der Waals surface area (Å²) < 4.78 is 5.13. The zero-order valence-electron chi connectivity index (χ0n) is 10.0. The first-order valence-corrected chi connectivity index (χ1v) is 5.89. The summed E-state index contributed by atoms with van der Waals surface area (Å²) in [5, 5.41) is 8.73. The first kappa shape index (κ1) is 12.4. The lowest BCUT2D eigenvalue weighted by atomic mass is 10.0. The van der Waals surface area contributed by atoms with E-state index in [2.05, 4.69) is 0 Å². The molecule has 1 fully saturated rings. The quantitative estimate of drug-likeness (QED) is 0.874. The zero-order chi connectivity index (χ0) is 13.0. The van der Waals surface area contributed by atoms with E-state index in [0.29, 0.717) is 25.3 Å². The van der Waals surface area contributed by atoms with Crippen molar-refractivity contribution >= 4 is 11.8 Å². The number of nitriles is 1. The van der Waals surface area contributed by atoms with Crippen LogP contribution in [0.15, 0.2) is 24.3 Å². The molecule has 1 amide bonds. The number of carbonyl (C=O) groups excluding carboxylic acids is 1. The lowest BCUT2D eigenvalue weighted by Gasteiger charge is -2.32. The predicted octanol–water partition coefficient (Wildman–Crippen LogP) is 1.48. The number of hydrogen-bond donors (Lipinski definition) is 1. The molecule has 1 aromatic rings. The molecule has 5 heteroatoms.